The molecule has 0 amide bonds. The van der Waals surface area contributed by atoms with Gasteiger partial charge in [-0.1, -0.05) is 12.1 Å². The topological polar surface area (TPSA) is 89.6 Å². The van der Waals surface area contributed by atoms with E-state index in [0.29, 0.717) is 5.75 Å². The fraction of sp³-hybridized carbons (Fsp3) is 0.538. The molecule has 106 valence electrons. The third-order valence-corrected chi connectivity index (χ3v) is 5.65. The SMILES string of the molecule is COc1ccc([C@H]2[C@@H](S(C)(=O)=O)[C@@]2(CN)CO)cc1. The van der Waals surface area contributed by atoms with E-state index in [1.54, 1.807) is 19.2 Å². The Morgan fingerprint density at radius 1 is 1.37 bits per heavy atom. The van der Waals surface area contributed by atoms with Crippen LogP contribution >= 0.6 is 0 Å². The van der Waals surface area contributed by atoms with Gasteiger partial charge >= 0.3 is 0 Å². The molecule has 1 aliphatic carbocycles. The smallest absolute Gasteiger partial charge is 0.151 e. The van der Waals surface area contributed by atoms with Gasteiger partial charge in [0, 0.05) is 24.1 Å². The van der Waals surface area contributed by atoms with Crippen LogP contribution in [0.4, 0.5) is 0 Å². The highest BCUT2D eigenvalue weighted by molar-refractivity contribution is 7.91. The summed E-state index contributed by atoms with van der Waals surface area (Å²) in [6, 6.07) is 7.22. The van der Waals surface area contributed by atoms with Gasteiger partial charge in [-0.25, -0.2) is 8.42 Å². The Morgan fingerprint density at radius 2 is 1.95 bits per heavy atom. The van der Waals surface area contributed by atoms with Gasteiger partial charge in [-0.15, -0.1) is 0 Å². The van der Waals surface area contributed by atoms with Crippen LogP contribution in [0.2, 0.25) is 0 Å². The van der Waals surface area contributed by atoms with E-state index in [1.807, 2.05) is 12.1 Å². The van der Waals surface area contributed by atoms with Crippen LogP contribution in [0.1, 0.15) is 11.5 Å². The summed E-state index contributed by atoms with van der Waals surface area (Å²) in [5, 5.41) is 8.95. The molecule has 3 atom stereocenters. The fourth-order valence-electron chi connectivity index (χ4n) is 2.94. The number of ether oxygens (including phenoxy) is 1. The molecule has 0 bridgehead atoms. The summed E-state index contributed by atoms with van der Waals surface area (Å²) in [5.41, 5.74) is 5.82. The van der Waals surface area contributed by atoms with Crippen molar-refractivity contribution in [3.05, 3.63) is 29.8 Å². The molecule has 3 N–H and O–H groups in total. The number of aliphatic hydroxyl groups excluding tert-OH is 1. The van der Waals surface area contributed by atoms with Crippen LogP contribution in [-0.4, -0.2) is 45.3 Å². The number of sulfone groups is 1. The van der Waals surface area contributed by atoms with Crippen LogP contribution < -0.4 is 10.5 Å². The third-order valence-electron chi connectivity index (χ3n) is 3.99. The summed E-state index contributed by atoms with van der Waals surface area (Å²) in [7, 11) is -1.67. The van der Waals surface area contributed by atoms with Crippen molar-refractivity contribution in [1.82, 2.24) is 0 Å². The van der Waals surface area contributed by atoms with Crippen molar-refractivity contribution < 1.29 is 18.3 Å². The van der Waals surface area contributed by atoms with Crippen LogP contribution in [0.25, 0.3) is 0 Å². The molecule has 5 nitrogen and oxygen atoms in total. The lowest BCUT2D eigenvalue weighted by atomic mass is 10.00. The van der Waals surface area contributed by atoms with Crippen LogP contribution in [0.15, 0.2) is 24.3 Å². The van der Waals surface area contributed by atoms with Gasteiger partial charge in [0.05, 0.1) is 19.0 Å². The van der Waals surface area contributed by atoms with E-state index in [1.165, 1.54) is 6.26 Å². The van der Waals surface area contributed by atoms with Crippen molar-refractivity contribution in [3.63, 3.8) is 0 Å². The van der Waals surface area contributed by atoms with Crippen molar-refractivity contribution in [2.45, 2.75) is 11.2 Å². The number of nitrogens with two attached hydrogens (primary N) is 1. The molecule has 0 spiro atoms. The van der Waals surface area contributed by atoms with Gasteiger partial charge in [0.25, 0.3) is 0 Å². The van der Waals surface area contributed by atoms with Gasteiger partial charge in [0.1, 0.15) is 5.75 Å². The largest absolute Gasteiger partial charge is 0.497 e. The molecule has 19 heavy (non-hydrogen) atoms. The second kappa shape index (κ2) is 4.77. The standard InChI is InChI=1S/C13H19NO4S/c1-18-10-5-3-9(4-6-10)11-12(19(2,16)17)13(11,7-14)8-15/h3-6,11-12,15H,7-8,14H2,1-2H3/t11-,12+,13-/m0/s1. The number of hydrogen-bond donors (Lipinski definition) is 2. The van der Waals surface area contributed by atoms with Crippen LogP contribution in [-0.2, 0) is 9.84 Å². The zero-order valence-corrected chi connectivity index (χ0v) is 11.9. The maximum Gasteiger partial charge on any atom is 0.151 e. The zero-order valence-electron chi connectivity index (χ0n) is 11.0. The van der Waals surface area contributed by atoms with Crippen LogP contribution in [0.5, 0.6) is 5.75 Å². The Morgan fingerprint density at radius 3 is 2.26 bits per heavy atom. The molecular weight excluding hydrogens is 266 g/mol. The predicted octanol–water partition coefficient (Wildman–Crippen LogP) is 0.143. The van der Waals surface area contributed by atoms with E-state index in [0.717, 1.165) is 5.56 Å². The van der Waals surface area contributed by atoms with Gasteiger partial charge in [0.15, 0.2) is 9.84 Å². The Balaban J connectivity index is 2.37. The molecule has 0 unspecified atom stereocenters. The Bertz CT molecular complexity index is 549. The van der Waals surface area contributed by atoms with E-state index < -0.39 is 20.5 Å². The molecule has 0 aliphatic heterocycles. The maximum absolute atomic E-state index is 11.8. The highest BCUT2D eigenvalue weighted by Crippen LogP contribution is 2.61. The molecule has 1 aromatic rings. The minimum absolute atomic E-state index is 0.151. The molecule has 1 fully saturated rings. The molecule has 1 aromatic carbocycles. The monoisotopic (exact) mass is 285 g/mol. The number of aliphatic hydroxyl groups is 1. The van der Waals surface area contributed by atoms with Crippen molar-refractivity contribution >= 4 is 9.84 Å². The average molecular weight is 285 g/mol. The molecule has 1 saturated carbocycles. The van der Waals surface area contributed by atoms with E-state index in [4.69, 9.17) is 10.5 Å². The first-order chi connectivity index (χ1) is 8.90. The maximum atomic E-state index is 11.8. The molecule has 2 rings (SSSR count). The van der Waals surface area contributed by atoms with Crippen LogP contribution in [0.3, 0.4) is 0 Å². The van der Waals surface area contributed by atoms with Crippen molar-refractivity contribution in [2.24, 2.45) is 11.1 Å². The zero-order chi connectivity index (χ0) is 14.3. The normalized spacial score (nSPS) is 30.1. The molecule has 0 heterocycles. The Labute approximate surface area is 113 Å². The van der Waals surface area contributed by atoms with E-state index in [2.05, 4.69) is 0 Å². The van der Waals surface area contributed by atoms with Gasteiger partial charge < -0.3 is 15.6 Å². The summed E-state index contributed by atoms with van der Waals surface area (Å²) < 4.78 is 28.8. The minimum atomic E-state index is -3.25. The van der Waals surface area contributed by atoms with Crippen LogP contribution in [0, 0.1) is 5.41 Å². The Kier molecular flexibility index (Phi) is 3.59. The lowest BCUT2D eigenvalue weighted by Crippen LogP contribution is -2.27. The van der Waals surface area contributed by atoms with E-state index in [-0.39, 0.29) is 19.1 Å². The first kappa shape index (κ1) is 14.3. The summed E-state index contributed by atoms with van der Waals surface area (Å²) in [6.45, 7) is -0.0735. The number of rotatable bonds is 5. The third kappa shape index (κ3) is 2.24. The molecule has 0 radical (unpaired) electrons. The summed E-state index contributed by atoms with van der Waals surface area (Å²) in [6.07, 6.45) is 1.20. The molecule has 1 aliphatic rings. The van der Waals surface area contributed by atoms with Gasteiger partial charge in [-0.3, -0.25) is 0 Å². The second-order valence-corrected chi connectivity index (χ2v) is 7.26. The molecule has 6 heteroatoms. The molecule has 0 aromatic heterocycles. The lowest BCUT2D eigenvalue weighted by molar-refractivity contribution is 0.212. The highest BCUT2D eigenvalue weighted by Gasteiger charge is 2.68. The second-order valence-electron chi connectivity index (χ2n) is 5.10. The van der Waals surface area contributed by atoms with E-state index in [9.17, 15) is 13.5 Å². The number of hydrogen-bond acceptors (Lipinski definition) is 5. The van der Waals surface area contributed by atoms with Crippen molar-refractivity contribution in [2.75, 3.05) is 26.5 Å². The number of benzene rings is 1. The average Bonchev–Trinajstić information content (AvgIpc) is 3.09. The minimum Gasteiger partial charge on any atom is -0.497 e. The first-order valence-electron chi connectivity index (χ1n) is 6.04. The van der Waals surface area contributed by atoms with Gasteiger partial charge in [-0.2, -0.15) is 0 Å². The van der Waals surface area contributed by atoms with Crippen molar-refractivity contribution in [1.29, 1.82) is 0 Å². The fourth-order valence-corrected chi connectivity index (χ4v) is 4.95. The molecular formula is C13H19NO4S. The van der Waals surface area contributed by atoms with E-state index >= 15 is 0 Å². The van der Waals surface area contributed by atoms with Gasteiger partial charge in [0.2, 0.25) is 0 Å². The predicted molar refractivity (Wildman–Crippen MR) is 72.9 cm³/mol. The van der Waals surface area contributed by atoms with Gasteiger partial charge in [-0.05, 0) is 17.7 Å². The summed E-state index contributed by atoms with van der Waals surface area (Å²) in [4.78, 5) is 0. The highest BCUT2D eigenvalue weighted by atomic mass is 32.2. The first-order valence-corrected chi connectivity index (χ1v) is 8.00. The number of methoxy groups -OCH3 is 1. The quantitative estimate of drug-likeness (QED) is 0.803. The molecule has 0 saturated heterocycles. The lowest BCUT2D eigenvalue weighted by Gasteiger charge is -2.11. The summed E-state index contributed by atoms with van der Waals surface area (Å²) >= 11 is 0. The van der Waals surface area contributed by atoms with Crippen molar-refractivity contribution in [3.8, 4) is 5.75 Å². The Hall–Kier alpha value is -1.11. The summed E-state index contributed by atoms with van der Waals surface area (Å²) in [5.74, 6) is 0.464.